The van der Waals surface area contributed by atoms with Crippen molar-refractivity contribution in [2.45, 2.75) is 73.6 Å². The zero-order valence-corrected chi connectivity index (χ0v) is 26.7. The summed E-state index contributed by atoms with van der Waals surface area (Å²) in [6, 6.07) is 13.3. The third-order valence-electron chi connectivity index (χ3n) is 6.74. The van der Waals surface area contributed by atoms with Crippen LogP contribution >= 0.6 is 0 Å². The van der Waals surface area contributed by atoms with Crippen LogP contribution in [-0.4, -0.2) is 56.5 Å². The summed E-state index contributed by atoms with van der Waals surface area (Å²) in [5.41, 5.74) is 4.34. The van der Waals surface area contributed by atoms with Crippen molar-refractivity contribution < 1.29 is 23.9 Å². The van der Waals surface area contributed by atoms with Crippen LogP contribution < -0.4 is 15.5 Å². The molecule has 42 heavy (non-hydrogen) atoms. The van der Waals surface area contributed by atoms with Crippen LogP contribution in [0.25, 0.3) is 0 Å². The summed E-state index contributed by atoms with van der Waals surface area (Å²) in [7, 11) is 1.64. The Balaban J connectivity index is 2.26. The number of hydrogen-bond acceptors (Lipinski definition) is 6. The molecule has 0 aliphatic carbocycles. The Labute approximate surface area is 251 Å². The van der Waals surface area contributed by atoms with Crippen molar-refractivity contribution in [2.75, 3.05) is 49.0 Å². The molecule has 0 aliphatic rings. The molecule has 2 rings (SSSR count). The number of aryl methyl sites for hydroxylation is 1. The van der Waals surface area contributed by atoms with Crippen LogP contribution in [-0.2, 0) is 14.3 Å². The predicted molar refractivity (Wildman–Crippen MR) is 170 cm³/mol. The Hall–Kier alpha value is -3.75. The van der Waals surface area contributed by atoms with Gasteiger partial charge >= 0.3 is 18.1 Å². The molecule has 1 atom stereocenters. The average Bonchev–Trinajstić information content (AvgIpc) is 2.92. The summed E-state index contributed by atoms with van der Waals surface area (Å²) in [5.74, 6) is 0.248. The summed E-state index contributed by atoms with van der Waals surface area (Å²) in [5, 5.41) is 5.99. The summed E-state index contributed by atoms with van der Waals surface area (Å²) >= 11 is 0. The Bertz CT molecular complexity index is 1140. The van der Waals surface area contributed by atoms with Crippen molar-refractivity contribution in [3.05, 3.63) is 53.6 Å². The van der Waals surface area contributed by atoms with Gasteiger partial charge in [0.25, 0.3) is 0 Å². The Kier molecular flexibility index (Phi) is 14.2. The minimum atomic E-state index is -0.528. The smallest absolute Gasteiger partial charge is 0.412 e. The van der Waals surface area contributed by atoms with Crippen LogP contribution in [0, 0.1) is 18.8 Å². The van der Waals surface area contributed by atoms with Gasteiger partial charge in [0.1, 0.15) is 0 Å². The molecule has 0 saturated heterocycles. The zero-order chi connectivity index (χ0) is 31.2. The molecule has 0 spiro atoms. The van der Waals surface area contributed by atoms with Crippen LogP contribution in [0.15, 0.2) is 42.5 Å². The van der Waals surface area contributed by atoms with E-state index < -0.39 is 18.9 Å². The molecule has 3 amide bonds. The van der Waals surface area contributed by atoms with Gasteiger partial charge in [0.05, 0.1) is 17.8 Å². The largest absolute Gasteiger partial charge is 0.428 e. The number of ether oxygens (including phenoxy) is 2. The van der Waals surface area contributed by atoms with Crippen LogP contribution in [0.4, 0.5) is 26.7 Å². The van der Waals surface area contributed by atoms with Gasteiger partial charge in [-0.05, 0) is 67.3 Å². The van der Waals surface area contributed by atoms with Gasteiger partial charge in [-0.3, -0.25) is 4.79 Å². The van der Waals surface area contributed by atoms with Gasteiger partial charge in [-0.2, -0.15) is 0 Å². The summed E-state index contributed by atoms with van der Waals surface area (Å²) in [6.45, 7) is 16.5. The van der Waals surface area contributed by atoms with E-state index in [1.807, 2.05) is 63.2 Å². The van der Waals surface area contributed by atoms with Gasteiger partial charge < -0.3 is 29.9 Å². The molecule has 0 saturated carbocycles. The van der Waals surface area contributed by atoms with Crippen molar-refractivity contribution in [1.82, 2.24) is 4.90 Å². The molecule has 232 valence electrons. The number of carbonyl (C=O) groups excluding carboxylic acids is 3. The first kappa shape index (κ1) is 34.5. The molecule has 2 aromatic carbocycles. The minimum Gasteiger partial charge on any atom is -0.428 e. The van der Waals surface area contributed by atoms with Crippen LogP contribution in [0.1, 0.15) is 77.8 Å². The summed E-state index contributed by atoms with van der Waals surface area (Å²) in [4.78, 5) is 41.5. The van der Waals surface area contributed by atoms with Crippen molar-refractivity contribution >= 4 is 35.2 Å². The average molecular weight is 583 g/mol. The van der Waals surface area contributed by atoms with Gasteiger partial charge in [-0.1, -0.05) is 65.3 Å². The number of hydrogen-bond donors (Lipinski definition) is 2. The fourth-order valence-electron chi connectivity index (χ4n) is 4.70. The van der Waals surface area contributed by atoms with Gasteiger partial charge in [-0.15, -0.1) is 0 Å². The molecule has 0 radical (unpaired) electrons. The van der Waals surface area contributed by atoms with Crippen molar-refractivity contribution in [1.29, 1.82) is 0 Å². The van der Waals surface area contributed by atoms with Crippen molar-refractivity contribution in [3.63, 3.8) is 0 Å². The Morgan fingerprint density at radius 3 is 2.10 bits per heavy atom. The summed E-state index contributed by atoms with van der Waals surface area (Å²) < 4.78 is 10.3. The summed E-state index contributed by atoms with van der Waals surface area (Å²) in [6.07, 6.45) is 1.08. The number of nitrogens with one attached hydrogen (secondary N) is 2. The second kappa shape index (κ2) is 17.3. The second-order valence-electron chi connectivity index (χ2n) is 11.7. The van der Waals surface area contributed by atoms with E-state index in [0.717, 1.165) is 36.3 Å². The molecular formula is C33H50N4O5. The maximum Gasteiger partial charge on any atom is 0.412 e. The van der Waals surface area contributed by atoms with Crippen LogP contribution in [0.3, 0.4) is 0 Å². The molecule has 2 N–H and O–H groups in total. The quantitative estimate of drug-likeness (QED) is 0.166. The molecule has 0 aromatic heterocycles. The highest BCUT2D eigenvalue weighted by Gasteiger charge is 2.21. The monoisotopic (exact) mass is 582 g/mol. The van der Waals surface area contributed by atoms with Gasteiger partial charge in [0.15, 0.2) is 0 Å². The van der Waals surface area contributed by atoms with E-state index in [1.54, 1.807) is 7.05 Å². The second-order valence-corrected chi connectivity index (χ2v) is 11.7. The lowest BCUT2D eigenvalue weighted by atomic mass is 9.92. The van der Waals surface area contributed by atoms with Crippen LogP contribution in [0.2, 0.25) is 0 Å². The van der Waals surface area contributed by atoms with E-state index >= 15 is 0 Å². The molecular weight excluding hydrogens is 532 g/mol. The number of benzene rings is 2. The number of rotatable bonds is 15. The third-order valence-corrected chi connectivity index (χ3v) is 6.74. The zero-order valence-electron chi connectivity index (χ0n) is 26.7. The van der Waals surface area contributed by atoms with E-state index in [4.69, 9.17) is 9.47 Å². The predicted octanol–water partition coefficient (Wildman–Crippen LogP) is 7.62. The maximum absolute atomic E-state index is 13.1. The van der Waals surface area contributed by atoms with E-state index in [1.165, 1.54) is 4.90 Å². The normalized spacial score (nSPS) is 11.7. The molecule has 2 aromatic rings. The molecule has 0 heterocycles. The minimum absolute atomic E-state index is 0.120. The number of urea groups is 1. The van der Waals surface area contributed by atoms with E-state index in [2.05, 4.69) is 43.2 Å². The Morgan fingerprint density at radius 2 is 1.52 bits per heavy atom. The number of esters is 1. The van der Waals surface area contributed by atoms with E-state index in [0.29, 0.717) is 36.2 Å². The fraction of sp³-hybridized carbons (Fsp3) is 0.545. The third kappa shape index (κ3) is 11.6. The standard InChI is InChI=1S/C33H50N4O5/c1-9-17-36(8)33(40)42-22-41-31(38)19-26(10-2)27-13-16-30(37(20-23(3)4)21-24(5)6)29(18-27)35-32(39)34-28-14-11-25(7)12-15-28/h11-16,18,23-24,26H,9-10,17,19-22H2,1-8H3,(H2,34,35,39)/t26-/m0/s1. The lowest BCUT2D eigenvalue weighted by Crippen LogP contribution is -2.32. The van der Waals surface area contributed by atoms with Gasteiger partial charge in [0.2, 0.25) is 6.79 Å². The highest BCUT2D eigenvalue weighted by molar-refractivity contribution is 6.02. The highest BCUT2D eigenvalue weighted by Crippen LogP contribution is 2.34. The lowest BCUT2D eigenvalue weighted by Gasteiger charge is -2.31. The lowest BCUT2D eigenvalue weighted by molar-refractivity contribution is -0.152. The van der Waals surface area contributed by atoms with E-state index in [9.17, 15) is 14.4 Å². The fourth-order valence-corrected chi connectivity index (χ4v) is 4.70. The first-order valence-electron chi connectivity index (χ1n) is 15.0. The number of amides is 3. The SMILES string of the molecule is CCCN(C)C(=O)OCOC(=O)C[C@H](CC)c1ccc(N(CC(C)C)CC(C)C)c(NC(=O)Nc2ccc(C)cc2)c1. The van der Waals surface area contributed by atoms with Gasteiger partial charge in [-0.25, -0.2) is 9.59 Å². The van der Waals surface area contributed by atoms with Gasteiger partial charge in [0, 0.05) is 32.4 Å². The van der Waals surface area contributed by atoms with E-state index in [-0.39, 0.29) is 18.4 Å². The molecule has 9 heteroatoms. The number of anilines is 3. The molecule has 0 bridgehead atoms. The highest BCUT2D eigenvalue weighted by atomic mass is 16.7. The topological polar surface area (TPSA) is 100 Å². The molecule has 0 fully saturated rings. The van der Waals surface area contributed by atoms with Crippen LogP contribution in [0.5, 0.6) is 0 Å². The number of nitrogens with zero attached hydrogens (tertiary/aromatic N) is 2. The molecule has 0 unspecified atom stereocenters. The van der Waals surface area contributed by atoms with Crippen molar-refractivity contribution in [3.8, 4) is 0 Å². The maximum atomic E-state index is 13.1. The van der Waals surface area contributed by atoms with Crippen molar-refractivity contribution in [2.24, 2.45) is 11.8 Å². The number of carbonyl (C=O) groups is 3. The molecule has 9 nitrogen and oxygen atoms in total. The first-order chi connectivity index (χ1) is 19.9. The first-order valence-corrected chi connectivity index (χ1v) is 15.0. The molecule has 0 aliphatic heterocycles. The Morgan fingerprint density at radius 1 is 0.881 bits per heavy atom.